The van der Waals surface area contributed by atoms with E-state index in [2.05, 4.69) is 22.2 Å². The smallest absolute Gasteiger partial charge is 0.306 e. The molecule has 8 aliphatic rings. The van der Waals surface area contributed by atoms with Crippen molar-refractivity contribution in [1.82, 2.24) is 20.0 Å². The Hall–Kier alpha value is -2.37. The molecule has 7 fully saturated rings. The van der Waals surface area contributed by atoms with E-state index < -0.39 is 29.8 Å². The summed E-state index contributed by atoms with van der Waals surface area (Å²) in [4.78, 5) is 61.3. The number of ketones is 2. The van der Waals surface area contributed by atoms with Crippen LogP contribution in [0, 0.1) is 35.5 Å². The van der Waals surface area contributed by atoms with Crippen molar-refractivity contribution >= 4 is 23.4 Å². The zero-order valence-corrected chi connectivity index (χ0v) is 31.1. The summed E-state index contributed by atoms with van der Waals surface area (Å²) in [5.74, 6) is -0.387. The highest BCUT2D eigenvalue weighted by Gasteiger charge is 2.62. The number of carbonyl (C=O) groups is 4. The highest BCUT2D eigenvalue weighted by molar-refractivity contribution is 6.20. The van der Waals surface area contributed by atoms with Crippen LogP contribution in [0.1, 0.15) is 97.8 Å². The molecular weight excluding hydrogens is 651 g/mol. The van der Waals surface area contributed by atoms with Crippen molar-refractivity contribution in [3.63, 3.8) is 0 Å². The summed E-state index contributed by atoms with van der Waals surface area (Å²) < 4.78 is 28.9. The van der Waals surface area contributed by atoms with Crippen molar-refractivity contribution in [3.05, 3.63) is 11.8 Å². The first kappa shape index (κ1) is 35.6. The van der Waals surface area contributed by atoms with E-state index in [1.165, 1.54) is 12.8 Å². The maximum atomic E-state index is 16.4. The molecule has 51 heavy (non-hydrogen) atoms. The lowest BCUT2D eigenvalue weighted by atomic mass is 9.66. The normalized spacial score (nSPS) is 42.2. The molecule has 0 radical (unpaired) electrons. The van der Waals surface area contributed by atoms with Crippen molar-refractivity contribution in [3.8, 4) is 0 Å². The molecule has 3 saturated heterocycles. The summed E-state index contributed by atoms with van der Waals surface area (Å²) in [7, 11) is 2.15. The SMILES string of the molecule is CN1CCCC1CCNC1C(F)CC2C(=O)C(C(=O)N3CC[C@H](CC(=O)OC(C)(C)C)C3)=CN3C4CC5C(CC4OC1C23)C(=O)C1CCCCC15. The zero-order chi connectivity index (χ0) is 35.8. The van der Waals surface area contributed by atoms with E-state index in [0.717, 1.165) is 45.1 Å². The molecule has 0 bridgehead atoms. The van der Waals surface area contributed by atoms with Gasteiger partial charge >= 0.3 is 5.97 Å². The first-order valence-corrected chi connectivity index (χ1v) is 20.2. The average Bonchev–Trinajstić information content (AvgIpc) is 3.79. The van der Waals surface area contributed by atoms with Crippen molar-refractivity contribution in [2.24, 2.45) is 35.5 Å². The van der Waals surface area contributed by atoms with E-state index in [1.807, 2.05) is 27.0 Å². The Morgan fingerprint density at radius 2 is 1.78 bits per heavy atom. The molecule has 12 unspecified atom stereocenters. The quantitative estimate of drug-likeness (QED) is 0.309. The van der Waals surface area contributed by atoms with Crippen LogP contribution in [-0.4, -0.2) is 120 Å². The highest BCUT2D eigenvalue weighted by atomic mass is 19.1. The van der Waals surface area contributed by atoms with E-state index in [0.29, 0.717) is 50.2 Å². The number of hydrogen-bond acceptors (Lipinski definition) is 9. The lowest BCUT2D eigenvalue weighted by Gasteiger charge is -2.60. The van der Waals surface area contributed by atoms with Crippen LogP contribution in [0.15, 0.2) is 11.8 Å². The third kappa shape index (κ3) is 6.59. The van der Waals surface area contributed by atoms with Crippen LogP contribution in [0.25, 0.3) is 0 Å². The minimum absolute atomic E-state index is 0.0243. The van der Waals surface area contributed by atoms with Gasteiger partial charge in [-0.3, -0.25) is 19.2 Å². The topological polar surface area (TPSA) is 108 Å². The number of halogens is 1. The fourth-order valence-electron chi connectivity index (χ4n) is 11.9. The maximum Gasteiger partial charge on any atom is 0.306 e. The predicted octanol–water partition coefficient (Wildman–Crippen LogP) is 4.06. The molecule has 0 aromatic carbocycles. The Bertz CT molecular complexity index is 1430. The molecule has 282 valence electrons. The molecule has 0 spiro atoms. The Morgan fingerprint density at radius 3 is 2.55 bits per heavy atom. The molecule has 4 heterocycles. The summed E-state index contributed by atoms with van der Waals surface area (Å²) >= 11 is 0. The first-order chi connectivity index (χ1) is 24.4. The molecular formula is C40H59FN4O6. The number of nitrogens with zero attached hydrogens (tertiary/aromatic N) is 3. The molecule has 4 aliphatic carbocycles. The number of alkyl halides is 1. The number of carbonyl (C=O) groups excluding carboxylic acids is 4. The maximum absolute atomic E-state index is 16.4. The van der Waals surface area contributed by atoms with Gasteiger partial charge in [0, 0.05) is 43.1 Å². The largest absolute Gasteiger partial charge is 0.460 e. The molecule has 11 heteroatoms. The second-order valence-electron chi connectivity index (χ2n) is 18.4. The molecule has 4 aliphatic heterocycles. The van der Waals surface area contributed by atoms with E-state index in [-0.39, 0.29) is 77.9 Å². The number of fused-ring (bicyclic) bond motifs is 5. The van der Waals surface area contributed by atoms with Crippen molar-refractivity contribution in [1.29, 1.82) is 0 Å². The standard InChI is InChI=1S/C40H59FN4O6/c1-40(2,3)51-33(46)16-22-12-15-44(20-22)39(49)29-21-45-31-18-26-24-9-5-6-10-25(24)36(47)27(26)19-32(31)50-38-34(30(41)17-28(35(38)45)37(29)48)42-13-11-23-8-7-14-43(23)4/h21-28,30-32,34-35,38,42H,5-20H2,1-4H3/t22-,23?,24?,25?,26?,27?,28?,30?,31?,32?,34?,35?,38?/m1/s1. The van der Waals surface area contributed by atoms with Crippen LogP contribution in [0.4, 0.5) is 4.39 Å². The third-order valence-corrected chi connectivity index (χ3v) is 14.2. The monoisotopic (exact) mass is 710 g/mol. The number of morpholine rings is 1. The van der Waals surface area contributed by atoms with Gasteiger partial charge in [-0.25, -0.2) is 4.39 Å². The Labute approximate surface area is 302 Å². The summed E-state index contributed by atoms with van der Waals surface area (Å²) in [5.41, 5.74) is -0.440. The van der Waals surface area contributed by atoms with Crippen LogP contribution in [0.2, 0.25) is 0 Å². The van der Waals surface area contributed by atoms with Gasteiger partial charge in [0.2, 0.25) is 0 Å². The van der Waals surface area contributed by atoms with Crippen molar-refractivity contribution in [2.75, 3.05) is 33.2 Å². The first-order valence-electron chi connectivity index (χ1n) is 20.2. The van der Waals surface area contributed by atoms with Gasteiger partial charge in [0.05, 0.1) is 42.3 Å². The molecule has 0 aromatic heterocycles. The predicted molar refractivity (Wildman–Crippen MR) is 188 cm³/mol. The minimum atomic E-state index is -1.30. The highest BCUT2D eigenvalue weighted by Crippen LogP contribution is 2.56. The molecule has 10 nitrogen and oxygen atoms in total. The lowest BCUT2D eigenvalue weighted by molar-refractivity contribution is -0.206. The van der Waals surface area contributed by atoms with Gasteiger partial charge in [-0.15, -0.1) is 0 Å². The van der Waals surface area contributed by atoms with E-state index in [9.17, 15) is 19.2 Å². The van der Waals surface area contributed by atoms with Gasteiger partial charge in [0.25, 0.3) is 5.91 Å². The molecule has 0 aromatic rings. The van der Waals surface area contributed by atoms with Gasteiger partial charge in [0.15, 0.2) is 5.78 Å². The zero-order valence-electron chi connectivity index (χ0n) is 31.1. The number of ether oxygens (including phenoxy) is 2. The second kappa shape index (κ2) is 13.8. The van der Waals surface area contributed by atoms with Crippen LogP contribution in [0.3, 0.4) is 0 Å². The van der Waals surface area contributed by atoms with Crippen LogP contribution < -0.4 is 5.32 Å². The lowest BCUT2D eigenvalue weighted by Crippen LogP contribution is -2.73. The Balaban J connectivity index is 1.06. The number of esters is 1. The van der Waals surface area contributed by atoms with Gasteiger partial charge in [-0.05, 0) is 116 Å². The van der Waals surface area contributed by atoms with Gasteiger partial charge < -0.3 is 29.5 Å². The van der Waals surface area contributed by atoms with Crippen LogP contribution in [-0.2, 0) is 28.7 Å². The molecule has 4 saturated carbocycles. The minimum Gasteiger partial charge on any atom is -0.460 e. The molecule has 1 N–H and O–H groups in total. The molecule has 8 rings (SSSR count). The van der Waals surface area contributed by atoms with Crippen molar-refractivity contribution < 1.29 is 33.0 Å². The number of nitrogens with one attached hydrogen (secondary N) is 1. The number of likely N-dealkylation sites (tertiary alicyclic amines) is 2. The van der Waals surface area contributed by atoms with E-state index >= 15 is 4.39 Å². The van der Waals surface area contributed by atoms with Gasteiger partial charge in [-0.1, -0.05) is 12.8 Å². The fraction of sp³-hybridized carbons (Fsp3) is 0.850. The van der Waals surface area contributed by atoms with Crippen LogP contribution in [0.5, 0.6) is 0 Å². The Morgan fingerprint density at radius 1 is 0.980 bits per heavy atom. The van der Waals surface area contributed by atoms with E-state index in [1.54, 1.807) is 4.90 Å². The van der Waals surface area contributed by atoms with Crippen molar-refractivity contribution in [2.45, 2.75) is 146 Å². The molecule has 13 atom stereocenters. The van der Waals surface area contributed by atoms with Crippen LogP contribution >= 0.6 is 0 Å². The second-order valence-corrected chi connectivity index (χ2v) is 18.4. The number of Topliss-reactive ketones (excluding diaryl/α,β-unsaturated/α-hetero) is 2. The average molecular weight is 711 g/mol. The summed E-state index contributed by atoms with van der Waals surface area (Å²) in [6.45, 7) is 8.14. The third-order valence-electron chi connectivity index (χ3n) is 14.2. The summed E-state index contributed by atoms with van der Waals surface area (Å²) in [6.07, 6.45) is 9.69. The summed E-state index contributed by atoms with van der Waals surface area (Å²) in [6, 6.07) is -0.508. The van der Waals surface area contributed by atoms with E-state index in [4.69, 9.17) is 9.47 Å². The number of rotatable bonds is 7. The molecule has 1 amide bonds. The van der Waals surface area contributed by atoms with Gasteiger partial charge in [-0.2, -0.15) is 0 Å². The number of amides is 1. The fourth-order valence-corrected chi connectivity index (χ4v) is 11.9. The Kier molecular flexibility index (Phi) is 9.65. The van der Waals surface area contributed by atoms with Gasteiger partial charge in [0.1, 0.15) is 17.6 Å². The number of hydrogen-bond donors (Lipinski definition) is 1. The summed E-state index contributed by atoms with van der Waals surface area (Å²) in [5, 5.41) is 3.56.